The number of aliphatic imine (C=N–C) groups is 1. The molecule has 140 valence electrons. The van der Waals surface area contributed by atoms with Crippen LogP contribution in [-0.2, 0) is 12.7 Å². The predicted molar refractivity (Wildman–Crippen MR) is 105 cm³/mol. The van der Waals surface area contributed by atoms with Gasteiger partial charge in [0.05, 0.1) is 5.56 Å². The zero-order valence-electron chi connectivity index (χ0n) is 14.1. The Hall–Kier alpha value is -1.29. The molecule has 1 aliphatic rings. The highest BCUT2D eigenvalue weighted by Gasteiger charge is 2.30. The van der Waals surface area contributed by atoms with E-state index < -0.39 is 11.7 Å². The molecule has 1 unspecified atom stereocenters. The van der Waals surface area contributed by atoms with Gasteiger partial charge in [0.1, 0.15) is 0 Å². The lowest BCUT2D eigenvalue weighted by Crippen LogP contribution is -2.44. The number of benzene rings is 1. The van der Waals surface area contributed by atoms with Crippen LogP contribution in [0.2, 0.25) is 0 Å². The second kappa shape index (κ2) is 10.0. The van der Waals surface area contributed by atoms with Crippen molar-refractivity contribution in [3.8, 4) is 0 Å². The van der Waals surface area contributed by atoms with E-state index in [1.807, 2.05) is 0 Å². The van der Waals surface area contributed by atoms with E-state index in [2.05, 4.69) is 27.1 Å². The molecule has 0 spiro atoms. The van der Waals surface area contributed by atoms with E-state index in [0.717, 1.165) is 43.2 Å². The standard InChI is InChI=1S/C17H23F3N4.HI/c1-3-9-22-16(21-2)23-15-8-10-24(12-15)11-13-4-6-14(7-5-13)17(18,19)20;/h3-7,15H,1,8-12H2,2H3,(H2,21,22,23);1H. The van der Waals surface area contributed by atoms with Gasteiger partial charge in [0.2, 0.25) is 0 Å². The van der Waals surface area contributed by atoms with Gasteiger partial charge in [-0.1, -0.05) is 18.2 Å². The second-order valence-corrected chi connectivity index (χ2v) is 5.80. The number of nitrogens with zero attached hydrogens (tertiary/aromatic N) is 2. The molecule has 1 aromatic carbocycles. The Labute approximate surface area is 163 Å². The van der Waals surface area contributed by atoms with E-state index in [9.17, 15) is 13.2 Å². The highest BCUT2D eigenvalue weighted by atomic mass is 127. The monoisotopic (exact) mass is 468 g/mol. The summed E-state index contributed by atoms with van der Waals surface area (Å²) in [5, 5.41) is 6.47. The van der Waals surface area contributed by atoms with Crippen LogP contribution in [0.5, 0.6) is 0 Å². The summed E-state index contributed by atoms with van der Waals surface area (Å²) < 4.78 is 37.7. The van der Waals surface area contributed by atoms with Crippen LogP contribution in [0.15, 0.2) is 41.9 Å². The number of halogens is 4. The van der Waals surface area contributed by atoms with Gasteiger partial charge < -0.3 is 10.6 Å². The maximum atomic E-state index is 12.6. The Morgan fingerprint density at radius 3 is 2.60 bits per heavy atom. The minimum Gasteiger partial charge on any atom is -0.353 e. The first-order valence-corrected chi connectivity index (χ1v) is 7.89. The average Bonchev–Trinajstić information content (AvgIpc) is 2.98. The van der Waals surface area contributed by atoms with Gasteiger partial charge in [-0.25, -0.2) is 0 Å². The molecular weight excluding hydrogens is 444 g/mol. The molecule has 1 heterocycles. The van der Waals surface area contributed by atoms with Crippen molar-refractivity contribution < 1.29 is 13.2 Å². The third kappa shape index (κ3) is 6.85. The largest absolute Gasteiger partial charge is 0.416 e. The Morgan fingerprint density at radius 1 is 1.36 bits per heavy atom. The van der Waals surface area contributed by atoms with Crippen molar-refractivity contribution in [1.82, 2.24) is 15.5 Å². The van der Waals surface area contributed by atoms with Crippen LogP contribution >= 0.6 is 24.0 Å². The molecular formula is C17H24F3IN4. The fourth-order valence-corrected chi connectivity index (χ4v) is 2.71. The van der Waals surface area contributed by atoms with E-state index in [1.165, 1.54) is 0 Å². The molecule has 2 N–H and O–H groups in total. The summed E-state index contributed by atoms with van der Waals surface area (Å²) in [7, 11) is 1.72. The number of nitrogens with one attached hydrogen (secondary N) is 2. The molecule has 1 saturated heterocycles. The highest BCUT2D eigenvalue weighted by Crippen LogP contribution is 2.29. The van der Waals surface area contributed by atoms with Crippen molar-refractivity contribution in [1.29, 1.82) is 0 Å². The third-order valence-corrected chi connectivity index (χ3v) is 3.94. The Balaban J connectivity index is 0.00000312. The Bertz CT molecular complexity index is 572. The van der Waals surface area contributed by atoms with Crippen LogP contribution in [0.4, 0.5) is 13.2 Å². The summed E-state index contributed by atoms with van der Waals surface area (Å²) >= 11 is 0. The highest BCUT2D eigenvalue weighted by molar-refractivity contribution is 14.0. The van der Waals surface area contributed by atoms with Gasteiger partial charge in [-0.15, -0.1) is 30.6 Å². The minimum absolute atomic E-state index is 0. The number of likely N-dealkylation sites (tertiary alicyclic amines) is 1. The first-order valence-electron chi connectivity index (χ1n) is 7.89. The lowest BCUT2D eigenvalue weighted by atomic mass is 10.1. The zero-order chi connectivity index (χ0) is 17.6. The van der Waals surface area contributed by atoms with Gasteiger partial charge in [-0.2, -0.15) is 13.2 Å². The SMILES string of the molecule is C=CCNC(=NC)NC1CCN(Cc2ccc(C(F)(F)F)cc2)C1.I. The van der Waals surface area contributed by atoms with Crippen molar-refractivity contribution in [3.05, 3.63) is 48.0 Å². The quantitative estimate of drug-likeness (QED) is 0.302. The van der Waals surface area contributed by atoms with Crippen LogP contribution in [0.25, 0.3) is 0 Å². The Morgan fingerprint density at radius 2 is 2.04 bits per heavy atom. The summed E-state index contributed by atoms with van der Waals surface area (Å²) in [6.07, 6.45) is -1.55. The van der Waals surface area contributed by atoms with E-state index in [-0.39, 0.29) is 30.0 Å². The molecule has 2 rings (SSSR count). The maximum Gasteiger partial charge on any atom is 0.416 e. The number of rotatable bonds is 5. The smallest absolute Gasteiger partial charge is 0.353 e. The van der Waals surface area contributed by atoms with E-state index in [0.29, 0.717) is 13.1 Å². The molecule has 1 aliphatic heterocycles. The normalized spacial score (nSPS) is 18.6. The van der Waals surface area contributed by atoms with Crippen LogP contribution < -0.4 is 10.6 Å². The van der Waals surface area contributed by atoms with Crippen molar-refractivity contribution in [2.75, 3.05) is 26.7 Å². The minimum atomic E-state index is -4.28. The molecule has 8 heteroatoms. The molecule has 0 saturated carbocycles. The van der Waals surface area contributed by atoms with Crippen molar-refractivity contribution >= 4 is 29.9 Å². The molecule has 1 atom stereocenters. The molecule has 0 amide bonds. The van der Waals surface area contributed by atoms with Gasteiger partial charge in [-0.05, 0) is 24.1 Å². The first-order chi connectivity index (χ1) is 11.4. The fraction of sp³-hybridized carbons (Fsp3) is 0.471. The number of guanidine groups is 1. The van der Waals surface area contributed by atoms with Gasteiger partial charge in [0.15, 0.2) is 5.96 Å². The van der Waals surface area contributed by atoms with E-state index >= 15 is 0 Å². The van der Waals surface area contributed by atoms with E-state index in [1.54, 1.807) is 25.3 Å². The van der Waals surface area contributed by atoms with Crippen LogP contribution in [0, 0.1) is 0 Å². The van der Waals surface area contributed by atoms with Crippen molar-refractivity contribution in [2.24, 2.45) is 4.99 Å². The van der Waals surface area contributed by atoms with Gasteiger partial charge in [0.25, 0.3) is 0 Å². The summed E-state index contributed by atoms with van der Waals surface area (Å²) in [4.78, 5) is 6.38. The van der Waals surface area contributed by atoms with Crippen LogP contribution in [0.3, 0.4) is 0 Å². The van der Waals surface area contributed by atoms with E-state index in [4.69, 9.17) is 0 Å². The molecule has 0 aliphatic carbocycles. The summed E-state index contributed by atoms with van der Waals surface area (Å²) in [6.45, 7) is 6.67. The second-order valence-electron chi connectivity index (χ2n) is 5.80. The van der Waals surface area contributed by atoms with Crippen LogP contribution in [0.1, 0.15) is 17.5 Å². The van der Waals surface area contributed by atoms with Crippen molar-refractivity contribution in [3.63, 3.8) is 0 Å². The third-order valence-electron chi connectivity index (χ3n) is 3.94. The maximum absolute atomic E-state index is 12.6. The predicted octanol–water partition coefficient (Wildman–Crippen LogP) is 3.25. The first kappa shape index (κ1) is 21.8. The number of hydrogen-bond donors (Lipinski definition) is 2. The van der Waals surface area contributed by atoms with Gasteiger partial charge >= 0.3 is 6.18 Å². The fourth-order valence-electron chi connectivity index (χ4n) is 2.71. The molecule has 1 fully saturated rings. The summed E-state index contributed by atoms with van der Waals surface area (Å²) in [5.74, 6) is 0.733. The number of alkyl halides is 3. The molecule has 0 aromatic heterocycles. The molecule has 25 heavy (non-hydrogen) atoms. The molecule has 0 bridgehead atoms. The topological polar surface area (TPSA) is 39.7 Å². The van der Waals surface area contributed by atoms with Crippen LogP contribution in [-0.4, -0.2) is 43.6 Å². The average molecular weight is 468 g/mol. The van der Waals surface area contributed by atoms with Gasteiger partial charge in [-0.3, -0.25) is 9.89 Å². The lowest BCUT2D eigenvalue weighted by Gasteiger charge is -2.19. The molecule has 0 radical (unpaired) electrons. The van der Waals surface area contributed by atoms with Crippen molar-refractivity contribution in [2.45, 2.75) is 25.2 Å². The zero-order valence-corrected chi connectivity index (χ0v) is 16.5. The Kier molecular flexibility index (Phi) is 8.70. The molecule has 1 aromatic rings. The molecule has 4 nitrogen and oxygen atoms in total. The lowest BCUT2D eigenvalue weighted by molar-refractivity contribution is -0.137. The summed E-state index contributed by atoms with van der Waals surface area (Å²) in [6, 6.07) is 5.66. The summed E-state index contributed by atoms with van der Waals surface area (Å²) in [5.41, 5.74) is 0.280. The van der Waals surface area contributed by atoms with Gasteiger partial charge in [0, 0.05) is 39.3 Å². The number of hydrogen-bond acceptors (Lipinski definition) is 2.